The number of nitro benzene ring substituents is 1. The highest BCUT2D eigenvalue weighted by Crippen LogP contribution is 2.26. The predicted molar refractivity (Wildman–Crippen MR) is 113 cm³/mol. The number of hydrogen-bond donors (Lipinski definition) is 5. The van der Waals surface area contributed by atoms with Crippen molar-refractivity contribution >= 4 is 11.4 Å². The summed E-state index contributed by atoms with van der Waals surface area (Å²) in [5, 5.41) is 64.3. The molecule has 3 rings (SSSR count). The first-order valence-electron chi connectivity index (χ1n) is 10.6. The van der Waals surface area contributed by atoms with E-state index in [-0.39, 0.29) is 24.5 Å². The molecule has 13 heteroatoms. The number of benzene rings is 1. The van der Waals surface area contributed by atoms with Crippen molar-refractivity contribution in [3.05, 3.63) is 34.6 Å². The number of aliphatic hydroxyl groups excluding tert-OH is 4. The van der Waals surface area contributed by atoms with E-state index >= 15 is 0 Å². The van der Waals surface area contributed by atoms with Gasteiger partial charge in [-0.3, -0.25) is 15.0 Å². The third kappa shape index (κ3) is 5.75. The van der Waals surface area contributed by atoms with Crippen LogP contribution in [-0.2, 0) is 0 Å². The summed E-state index contributed by atoms with van der Waals surface area (Å²) >= 11 is 0. The van der Waals surface area contributed by atoms with Crippen molar-refractivity contribution < 1.29 is 25.3 Å². The topological polar surface area (TPSA) is 183 Å². The Morgan fingerprint density at radius 1 is 1.16 bits per heavy atom. The Balaban J connectivity index is 1.40. The van der Waals surface area contributed by atoms with Crippen molar-refractivity contribution in [2.45, 2.75) is 50.0 Å². The lowest BCUT2D eigenvalue weighted by Gasteiger charge is -2.43. The lowest BCUT2D eigenvalue weighted by atomic mass is 9.94. The molecule has 4 unspecified atom stereocenters. The largest absolute Gasteiger partial charge is 0.395 e. The lowest BCUT2D eigenvalue weighted by Crippen LogP contribution is -2.62. The van der Waals surface area contributed by atoms with Crippen LogP contribution >= 0.6 is 0 Å². The van der Waals surface area contributed by atoms with Crippen molar-refractivity contribution in [2.24, 2.45) is 0 Å². The maximum absolute atomic E-state index is 11.4. The molecule has 0 bridgehead atoms. The second kappa shape index (κ2) is 11.2. The number of rotatable bonds is 11. The number of hydrogen-bond acceptors (Lipinski definition) is 11. The number of nitrogens with one attached hydrogen (secondary N) is 1. The molecule has 1 aromatic heterocycles. The summed E-state index contributed by atoms with van der Waals surface area (Å²) in [5.74, 6) is 0. The molecule has 0 saturated carbocycles. The van der Waals surface area contributed by atoms with Crippen molar-refractivity contribution in [1.29, 1.82) is 0 Å². The molecule has 1 aliphatic rings. The number of aromatic nitrogens is 4. The molecule has 1 aromatic carbocycles. The zero-order valence-electron chi connectivity index (χ0n) is 17.6. The van der Waals surface area contributed by atoms with Crippen molar-refractivity contribution in [3.63, 3.8) is 0 Å². The third-order valence-corrected chi connectivity index (χ3v) is 5.69. The smallest absolute Gasteiger partial charge is 0.297 e. The van der Waals surface area contributed by atoms with Crippen molar-refractivity contribution in [3.8, 4) is 5.69 Å². The molecule has 2 heterocycles. The summed E-state index contributed by atoms with van der Waals surface area (Å²) in [4.78, 5) is 12.7. The SMILES string of the molecule is O=[N+]([O-])c1cc(NCCCCCCN2CC(O)C(O)C(O)C2CO)ccc1-n1cnnn1. The third-order valence-electron chi connectivity index (χ3n) is 5.69. The molecule has 0 aliphatic carbocycles. The van der Waals surface area contributed by atoms with E-state index in [1.807, 2.05) is 4.90 Å². The number of tetrazole rings is 1. The standard InChI is InChI=1S/C19H29N7O6/c27-11-16-18(29)19(30)17(28)10-24(16)8-4-2-1-3-7-20-13-5-6-14(15(9-13)26(31)32)25-12-21-22-23-25/h5-6,9,12,16-20,27-30H,1-4,7-8,10-11H2. The van der Waals surface area contributed by atoms with E-state index in [9.17, 15) is 30.5 Å². The Labute approximate surface area is 184 Å². The van der Waals surface area contributed by atoms with Crippen LogP contribution in [0.2, 0.25) is 0 Å². The van der Waals surface area contributed by atoms with Crippen LogP contribution in [0.5, 0.6) is 0 Å². The van der Waals surface area contributed by atoms with E-state index in [1.165, 1.54) is 17.1 Å². The first-order chi connectivity index (χ1) is 15.4. The van der Waals surface area contributed by atoms with E-state index in [2.05, 4.69) is 20.8 Å². The maximum atomic E-state index is 11.4. The zero-order chi connectivity index (χ0) is 23.1. The molecule has 0 radical (unpaired) electrons. The molecule has 4 atom stereocenters. The van der Waals surface area contributed by atoms with Gasteiger partial charge in [0.15, 0.2) is 0 Å². The van der Waals surface area contributed by atoms with Crippen LogP contribution in [0, 0.1) is 10.1 Å². The molecule has 1 aliphatic heterocycles. The summed E-state index contributed by atoms with van der Waals surface area (Å²) < 4.78 is 1.24. The number of aliphatic hydroxyl groups is 4. The first kappa shape index (κ1) is 23.9. The minimum Gasteiger partial charge on any atom is -0.395 e. The summed E-state index contributed by atoms with van der Waals surface area (Å²) in [6, 6.07) is 4.20. The Morgan fingerprint density at radius 2 is 1.94 bits per heavy atom. The van der Waals surface area contributed by atoms with Crippen LogP contribution in [0.1, 0.15) is 25.7 Å². The lowest BCUT2D eigenvalue weighted by molar-refractivity contribution is -0.384. The Morgan fingerprint density at radius 3 is 2.62 bits per heavy atom. The number of piperidine rings is 1. The van der Waals surface area contributed by atoms with E-state index in [0.29, 0.717) is 18.8 Å². The molecule has 176 valence electrons. The van der Waals surface area contributed by atoms with Gasteiger partial charge in [-0.05, 0) is 41.9 Å². The highest BCUT2D eigenvalue weighted by molar-refractivity contribution is 5.61. The summed E-state index contributed by atoms with van der Waals surface area (Å²) in [5.41, 5.74) is 0.818. The second-order valence-corrected chi connectivity index (χ2v) is 7.85. The van der Waals surface area contributed by atoms with Gasteiger partial charge in [-0.25, -0.2) is 0 Å². The van der Waals surface area contributed by atoms with Gasteiger partial charge < -0.3 is 25.7 Å². The van der Waals surface area contributed by atoms with E-state index in [1.54, 1.807) is 12.1 Å². The number of anilines is 1. The molecule has 2 aromatic rings. The van der Waals surface area contributed by atoms with Gasteiger partial charge in [0.2, 0.25) is 0 Å². The first-order valence-corrected chi connectivity index (χ1v) is 10.6. The average Bonchev–Trinajstić information content (AvgIpc) is 3.31. The molecule has 0 amide bonds. The normalized spacial score (nSPS) is 23.9. The van der Waals surface area contributed by atoms with Crippen molar-refractivity contribution in [2.75, 3.05) is 31.6 Å². The van der Waals surface area contributed by atoms with Crippen molar-refractivity contribution in [1.82, 2.24) is 25.1 Å². The monoisotopic (exact) mass is 451 g/mol. The number of nitro groups is 1. The quantitative estimate of drug-likeness (QED) is 0.165. The van der Waals surface area contributed by atoms with Gasteiger partial charge in [-0.2, -0.15) is 4.68 Å². The van der Waals surface area contributed by atoms with Gasteiger partial charge in [0.25, 0.3) is 5.69 Å². The number of likely N-dealkylation sites (tertiary alicyclic amines) is 1. The fourth-order valence-electron chi connectivity index (χ4n) is 3.91. The van der Waals surface area contributed by atoms with Gasteiger partial charge in [0.05, 0.1) is 23.7 Å². The highest BCUT2D eigenvalue weighted by Gasteiger charge is 2.40. The van der Waals surface area contributed by atoms with E-state index < -0.39 is 29.3 Å². The summed E-state index contributed by atoms with van der Waals surface area (Å²) in [6.07, 6.45) is 1.34. The van der Waals surface area contributed by atoms with Gasteiger partial charge in [0, 0.05) is 24.8 Å². The minimum atomic E-state index is -1.24. The Kier molecular flexibility index (Phi) is 8.41. The van der Waals surface area contributed by atoms with Crippen LogP contribution in [0.15, 0.2) is 24.5 Å². The Bertz CT molecular complexity index is 868. The molecule has 0 spiro atoms. The molecule has 1 fully saturated rings. The predicted octanol–water partition coefficient (Wildman–Crippen LogP) is -0.698. The second-order valence-electron chi connectivity index (χ2n) is 7.85. The number of β-amino-alcohol motifs (C(OH)–C–C–N with tert-alkyl or cyclic N) is 1. The van der Waals surface area contributed by atoms with Gasteiger partial charge >= 0.3 is 0 Å². The van der Waals surface area contributed by atoms with Gasteiger partial charge in [-0.1, -0.05) is 12.8 Å². The van der Waals surface area contributed by atoms with Crippen LogP contribution in [0.4, 0.5) is 11.4 Å². The maximum Gasteiger partial charge on any atom is 0.297 e. The molecular weight excluding hydrogens is 422 g/mol. The van der Waals surface area contributed by atoms with Gasteiger partial charge in [0.1, 0.15) is 24.2 Å². The van der Waals surface area contributed by atoms with Crippen LogP contribution in [0.25, 0.3) is 5.69 Å². The van der Waals surface area contributed by atoms with Crippen LogP contribution in [-0.4, -0.2) is 101 Å². The molecular formula is C19H29N7O6. The Hall–Kier alpha value is -2.71. The fourth-order valence-corrected chi connectivity index (χ4v) is 3.91. The van der Waals surface area contributed by atoms with Gasteiger partial charge in [-0.15, -0.1) is 5.10 Å². The fraction of sp³-hybridized carbons (Fsp3) is 0.632. The highest BCUT2D eigenvalue weighted by atomic mass is 16.6. The van der Waals surface area contributed by atoms with E-state index in [4.69, 9.17) is 0 Å². The summed E-state index contributed by atoms with van der Waals surface area (Å²) in [7, 11) is 0. The zero-order valence-corrected chi connectivity index (χ0v) is 17.6. The summed E-state index contributed by atoms with van der Waals surface area (Å²) in [6.45, 7) is 1.18. The van der Waals surface area contributed by atoms with E-state index in [0.717, 1.165) is 25.7 Å². The molecule has 13 nitrogen and oxygen atoms in total. The number of nitrogens with zero attached hydrogens (tertiary/aromatic N) is 6. The average molecular weight is 451 g/mol. The minimum absolute atomic E-state index is 0.100. The molecule has 32 heavy (non-hydrogen) atoms. The van der Waals surface area contributed by atoms with Crippen LogP contribution < -0.4 is 5.32 Å². The number of unbranched alkanes of at least 4 members (excludes halogenated alkanes) is 3. The van der Waals surface area contributed by atoms with Crippen LogP contribution in [0.3, 0.4) is 0 Å². The molecule has 5 N–H and O–H groups in total. The molecule has 1 saturated heterocycles.